The summed E-state index contributed by atoms with van der Waals surface area (Å²) >= 11 is 5.93. The number of hydrogen-bond donors (Lipinski definition) is 0. The van der Waals surface area contributed by atoms with Crippen molar-refractivity contribution in [3.05, 3.63) is 57.2 Å². The molecule has 0 amide bonds. The maximum atomic E-state index is 10.7. The Hall–Kier alpha value is -2.34. The van der Waals surface area contributed by atoms with Crippen LogP contribution in [0, 0.1) is 10.1 Å². The third-order valence-corrected chi connectivity index (χ3v) is 2.80. The van der Waals surface area contributed by atoms with Crippen LogP contribution in [0.4, 0.5) is 5.69 Å². The Labute approximate surface area is 120 Å². The third kappa shape index (κ3) is 3.36. The van der Waals surface area contributed by atoms with E-state index in [2.05, 4.69) is 4.98 Å². The van der Waals surface area contributed by atoms with Crippen LogP contribution >= 0.6 is 11.6 Å². The predicted molar refractivity (Wildman–Crippen MR) is 73.2 cm³/mol. The van der Waals surface area contributed by atoms with Gasteiger partial charge in [0.25, 0.3) is 5.69 Å². The summed E-state index contributed by atoms with van der Waals surface area (Å²) in [5, 5.41) is 11.0. The molecule has 0 N–H and O–H groups in total. The number of benzene rings is 1. The molecule has 2 rings (SSSR count). The molecular weight excluding hydrogens is 284 g/mol. The summed E-state index contributed by atoms with van der Waals surface area (Å²) in [7, 11) is 1.52. The van der Waals surface area contributed by atoms with Gasteiger partial charge in [0.2, 0.25) is 5.88 Å². The second-order valence-corrected chi connectivity index (χ2v) is 4.24. The minimum atomic E-state index is -0.507. The first kappa shape index (κ1) is 14.1. The minimum absolute atomic E-state index is 0.0806. The summed E-state index contributed by atoms with van der Waals surface area (Å²) in [5.41, 5.74) is 0.551. The number of hydrogen-bond acceptors (Lipinski definition) is 5. The Morgan fingerprint density at radius 1 is 1.35 bits per heavy atom. The number of nitrogens with zero attached hydrogens (tertiary/aromatic N) is 2. The maximum absolute atomic E-state index is 10.7. The average Bonchev–Trinajstić information content (AvgIpc) is 2.46. The molecule has 6 nitrogen and oxygen atoms in total. The first-order valence-electron chi connectivity index (χ1n) is 5.67. The zero-order chi connectivity index (χ0) is 14.5. The number of aromatic nitrogens is 1. The average molecular weight is 295 g/mol. The molecular formula is C13H11ClN2O4. The summed E-state index contributed by atoms with van der Waals surface area (Å²) in [4.78, 5) is 14.4. The van der Waals surface area contributed by atoms with E-state index in [-0.39, 0.29) is 18.0 Å². The second kappa shape index (κ2) is 6.21. The second-order valence-electron chi connectivity index (χ2n) is 3.83. The highest BCUT2D eigenvalue weighted by Crippen LogP contribution is 2.29. The molecule has 0 bridgehead atoms. The molecule has 104 valence electrons. The van der Waals surface area contributed by atoms with Gasteiger partial charge < -0.3 is 9.47 Å². The number of nitro benzene ring substituents is 1. The number of nitro groups is 1. The summed E-state index contributed by atoms with van der Waals surface area (Å²) in [6.45, 7) is 0.137. The van der Waals surface area contributed by atoms with Crippen LogP contribution in [0.1, 0.15) is 5.69 Å². The first-order valence-corrected chi connectivity index (χ1v) is 6.04. The largest absolute Gasteiger partial charge is 0.485 e. The Balaban J connectivity index is 2.13. The normalized spacial score (nSPS) is 10.1. The molecule has 1 heterocycles. The van der Waals surface area contributed by atoms with Crippen molar-refractivity contribution in [2.24, 2.45) is 0 Å². The van der Waals surface area contributed by atoms with Crippen molar-refractivity contribution in [2.45, 2.75) is 6.61 Å². The lowest BCUT2D eigenvalue weighted by Gasteiger charge is -2.08. The molecule has 0 saturated carbocycles. The van der Waals surface area contributed by atoms with E-state index in [1.165, 1.54) is 25.3 Å². The fraction of sp³-hybridized carbons (Fsp3) is 0.154. The van der Waals surface area contributed by atoms with E-state index in [4.69, 9.17) is 21.1 Å². The number of rotatable bonds is 5. The van der Waals surface area contributed by atoms with Crippen LogP contribution in [0.15, 0.2) is 36.4 Å². The Morgan fingerprint density at radius 2 is 2.15 bits per heavy atom. The van der Waals surface area contributed by atoms with Crippen LogP contribution in [0.2, 0.25) is 5.02 Å². The summed E-state index contributed by atoms with van der Waals surface area (Å²) in [6, 6.07) is 9.27. The fourth-order valence-electron chi connectivity index (χ4n) is 1.52. The molecule has 0 saturated heterocycles. The summed E-state index contributed by atoms with van der Waals surface area (Å²) in [6.07, 6.45) is 0. The molecule has 0 radical (unpaired) electrons. The molecule has 7 heteroatoms. The van der Waals surface area contributed by atoms with Gasteiger partial charge in [0, 0.05) is 12.1 Å². The van der Waals surface area contributed by atoms with Crippen molar-refractivity contribution in [1.29, 1.82) is 0 Å². The van der Waals surface area contributed by atoms with E-state index in [0.29, 0.717) is 16.6 Å². The van der Waals surface area contributed by atoms with Gasteiger partial charge in [-0.2, -0.15) is 0 Å². The van der Waals surface area contributed by atoms with Crippen LogP contribution in [-0.4, -0.2) is 17.0 Å². The predicted octanol–water partition coefficient (Wildman–Crippen LogP) is 3.23. The van der Waals surface area contributed by atoms with E-state index < -0.39 is 4.92 Å². The van der Waals surface area contributed by atoms with Gasteiger partial charge in [-0.15, -0.1) is 0 Å². The van der Waals surface area contributed by atoms with Gasteiger partial charge >= 0.3 is 0 Å². The lowest BCUT2D eigenvalue weighted by Crippen LogP contribution is -2.00. The van der Waals surface area contributed by atoms with Gasteiger partial charge in [0.05, 0.1) is 28.8 Å². The first-order chi connectivity index (χ1) is 9.60. The zero-order valence-electron chi connectivity index (χ0n) is 10.6. The van der Waals surface area contributed by atoms with Gasteiger partial charge in [0.15, 0.2) is 0 Å². The molecule has 0 aliphatic rings. The van der Waals surface area contributed by atoms with Crippen LogP contribution in [0.25, 0.3) is 0 Å². The van der Waals surface area contributed by atoms with Gasteiger partial charge in [0.1, 0.15) is 12.4 Å². The van der Waals surface area contributed by atoms with E-state index >= 15 is 0 Å². The number of pyridine rings is 1. The van der Waals surface area contributed by atoms with Crippen molar-refractivity contribution in [2.75, 3.05) is 7.11 Å². The van der Waals surface area contributed by atoms with E-state index in [1.54, 1.807) is 18.2 Å². The molecule has 0 fully saturated rings. The number of non-ortho nitro benzene ring substituents is 1. The lowest BCUT2D eigenvalue weighted by atomic mass is 10.3. The number of ether oxygens (including phenoxy) is 2. The maximum Gasteiger partial charge on any atom is 0.273 e. The minimum Gasteiger partial charge on any atom is -0.485 e. The van der Waals surface area contributed by atoms with Crippen LogP contribution in [0.5, 0.6) is 11.6 Å². The molecule has 1 aromatic heterocycles. The Kier molecular flexibility index (Phi) is 4.37. The molecule has 0 unspecified atom stereocenters. The van der Waals surface area contributed by atoms with Crippen molar-refractivity contribution in [3.8, 4) is 11.6 Å². The van der Waals surface area contributed by atoms with Crippen LogP contribution in [0.3, 0.4) is 0 Å². The van der Waals surface area contributed by atoms with Gasteiger partial charge in [-0.25, -0.2) is 4.98 Å². The monoisotopic (exact) mass is 294 g/mol. The van der Waals surface area contributed by atoms with Gasteiger partial charge in [-0.05, 0) is 12.1 Å². The highest BCUT2D eigenvalue weighted by molar-refractivity contribution is 6.32. The SMILES string of the molecule is COc1cccc(COc2cc([N+](=O)[O-])ccc2Cl)n1. The van der Waals surface area contributed by atoms with E-state index in [0.717, 1.165) is 0 Å². The zero-order valence-corrected chi connectivity index (χ0v) is 11.3. The smallest absolute Gasteiger partial charge is 0.273 e. The molecule has 0 spiro atoms. The molecule has 0 aliphatic carbocycles. The quantitative estimate of drug-likeness (QED) is 0.625. The molecule has 2 aromatic rings. The van der Waals surface area contributed by atoms with Crippen molar-refractivity contribution in [3.63, 3.8) is 0 Å². The van der Waals surface area contributed by atoms with E-state index in [9.17, 15) is 10.1 Å². The highest BCUT2D eigenvalue weighted by Gasteiger charge is 2.11. The summed E-state index contributed by atoms with van der Waals surface area (Å²) < 4.78 is 10.5. The topological polar surface area (TPSA) is 74.5 Å². The fourth-order valence-corrected chi connectivity index (χ4v) is 1.69. The van der Waals surface area contributed by atoms with Crippen molar-refractivity contribution < 1.29 is 14.4 Å². The van der Waals surface area contributed by atoms with Crippen LogP contribution < -0.4 is 9.47 Å². The number of methoxy groups -OCH3 is 1. The van der Waals surface area contributed by atoms with Gasteiger partial charge in [-0.3, -0.25) is 10.1 Å². The molecule has 0 atom stereocenters. The van der Waals surface area contributed by atoms with Crippen LogP contribution in [-0.2, 0) is 6.61 Å². The van der Waals surface area contributed by atoms with Crippen molar-refractivity contribution >= 4 is 17.3 Å². The van der Waals surface area contributed by atoms with Gasteiger partial charge in [-0.1, -0.05) is 17.7 Å². The highest BCUT2D eigenvalue weighted by atomic mass is 35.5. The molecule has 1 aromatic carbocycles. The standard InChI is InChI=1S/C13H11ClN2O4/c1-19-13-4-2-3-9(15-13)8-20-12-7-10(16(17)18)5-6-11(12)14/h2-7H,8H2,1H3. The van der Waals surface area contributed by atoms with Crippen molar-refractivity contribution in [1.82, 2.24) is 4.98 Å². The molecule has 20 heavy (non-hydrogen) atoms. The van der Waals surface area contributed by atoms with E-state index in [1.807, 2.05) is 0 Å². The lowest BCUT2D eigenvalue weighted by molar-refractivity contribution is -0.384. The molecule has 0 aliphatic heterocycles. The summed E-state index contributed by atoms with van der Waals surface area (Å²) in [5.74, 6) is 0.710. The number of halogens is 1. The third-order valence-electron chi connectivity index (χ3n) is 2.49. The Morgan fingerprint density at radius 3 is 2.85 bits per heavy atom. The Bertz CT molecular complexity index is 634.